The Morgan fingerprint density at radius 3 is 2.63 bits per heavy atom. The zero-order chi connectivity index (χ0) is 26.6. The van der Waals surface area contributed by atoms with Gasteiger partial charge in [0, 0.05) is 35.4 Å². The van der Waals surface area contributed by atoms with E-state index in [9.17, 15) is 14.4 Å². The van der Waals surface area contributed by atoms with E-state index in [1.165, 1.54) is 0 Å². The molecule has 3 aromatic carbocycles. The molecule has 1 fully saturated rings. The third kappa shape index (κ3) is 5.91. The molecule has 1 atom stereocenters. The molecule has 2 aliphatic rings. The summed E-state index contributed by atoms with van der Waals surface area (Å²) < 4.78 is 17.2. The zero-order valence-electron chi connectivity index (χ0n) is 20.7. The van der Waals surface area contributed by atoms with Crippen LogP contribution in [0.5, 0.6) is 17.2 Å². The van der Waals surface area contributed by atoms with Gasteiger partial charge in [0.2, 0.25) is 18.6 Å². The molecule has 1 saturated heterocycles. The predicted octanol–water partition coefficient (Wildman–Crippen LogP) is 4.17. The molecule has 38 heavy (non-hydrogen) atoms. The first-order valence-corrected chi connectivity index (χ1v) is 12.9. The number of fused-ring (bicyclic) bond motifs is 1. The number of carbonyl (C=O) groups excluding carboxylic acids is 3. The Kier molecular flexibility index (Phi) is 7.50. The minimum Gasteiger partial charge on any atom is -0.484 e. The molecule has 3 aromatic rings. The number of hydrogen-bond donors (Lipinski definition) is 2. The number of benzene rings is 3. The van der Waals surface area contributed by atoms with Gasteiger partial charge in [0.05, 0.1) is 5.92 Å². The number of ether oxygens (including phenoxy) is 3. The number of nitrogens with zero attached hydrogens (tertiary/aromatic N) is 1. The highest BCUT2D eigenvalue weighted by molar-refractivity contribution is 9.10. The van der Waals surface area contributed by atoms with E-state index in [1.54, 1.807) is 29.2 Å². The van der Waals surface area contributed by atoms with E-state index in [1.807, 2.05) is 43.3 Å². The van der Waals surface area contributed by atoms with Gasteiger partial charge in [-0.1, -0.05) is 22.0 Å². The second-order valence-electron chi connectivity index (χ2n) is 9.10. The largest absolute Gasteiger partial charge is 0.484 e. The summed E-state index contributed by atoms with van der Waals surface area (Å²) in [4.78, 5) is 39.3. The number of amides is 3. The fourth-order valence-corrected chi connectivity index (χ4v) is 4.82. The third-order valence-corrected chi connectivity index (χ3v) is 6.87. The Balaban J connectivity index is 1.11. The average Bonchev–Trinajstić information content (AvgIpc) is 3.54. The van der Waals surface area contributed by atoms with Crippen molar-refractivity contribution in [1.82, 2.24) is 5.32 Å². The first-order chi connectivity index (χ1) is 18.4. The highest BCUT2D eigenvalue weighted by Gasteiger charge is 2.35. The Morgan fingerprint density at radius 2 is 1.84 bits per heavy atom. The molecule has 0 radical (unpaired) electrons. The minimum atomic E-state index is -0.446. The van der Waals surface area contributed by atoms with Crippen LogP contribution < -0.4 is 29.7 Å². The smallest absolute Gasteiger partial charge is 0.262 e. The second kappa shape index (κ2) is 11.1. The summed E-state index contributed by atoms with van der Waals surface area (Å²) in [6.45, 7) is 2.58. The lowest BCUT2D eigenvalue weighted by molar-refractivity contribution is -0.126. The summed E-state index contributed by atoms with van der Waals surface area (Å²) in [7, 11) is 0. The van der Waals surface area contributed by atoms with Crippen molar-refractivity contribution in [2.24, 2.45) is 5.92 Å². The average molecular weight is 580 g/mol. The number of aryl methyl sites for hydroxylation is 1. The standard InChI is InChI=1S/C28H26BrN3O6/c1-17-10-20(29)3-8-23(17)31-26(33)15-36-22-6-4-21(5-7-22)32-14-19(12-27(32)34)28(35)30-13-18-2-9-24-25(11-18)38-16-37-24/h2-11,19H,12-16H2,1H3,(H,30,35)(H,31,33)/t19-/m1/s1. The van der Waals surface area contributed by atoms with Crippen LogP contribution in [0.3, 0.4) is 0 Å². The maximum Gasteiger partial charge on any atom is 0.262 e. The van der Waals surface area contributed by atoms with Gasteiger partial charge < -0.3 is 29.7 Å². The van der Waals surface area contributed by atoms with Crippen molar-refractivity contribution < 1.29 is 28.6 Å². The highest BCUT2D eigenvalue weighted by Crippen LogP contribution is 2.32. The van der Waals surface area contributed by atoms with Gasteiger partial charge in [-0.05, 0) is 72.6 Å². The number of carbonyl (C=O) groups is 3. The second-order valence-corrected chi connectivity index (χ2v) is 10.0. The quantitative estimate of drug-likeness (QED) is 0.415. The fraction of sp³-hybridized carbons (Fsp3) is 0.250. The molecular formula is C28H26BrN3O6. The SMILES string of the molecule is Cc1cc(Br)ccc1NC(=O)COc1ccc(N2C[C@H](C(=O)NCc3ccc4c(c3)OCO4)CC2=O)cc1. The molecule has 196 valence electrons. The van der Waals surface area contributed by atoms with Crippen LogP contribution in [0.4, 0.5) is 11.4 Å². The van der Waals surface area contributed by atoms with Crippen molar-refractivity contribution in [2.75, 3.05) is 30.2 Å². The van der Waals surface area contributed by atoms with Crippen LogP contribution in [-0.4, -0.2) is 37.7 Å². The Morgan fingerprint density at radius 1 is 1.05 bits per heavy atom. The lowest BCUT2D eigenvalue weighted by atomic mass is 10.1. The molecule has 2 heterocycles. The molecule has 0 saturated carbocycles. The van der Waals surface area contributed by atoms with Crippen molar-refractivity contribution in [2.45, 2.75) is 19.9 Å². The van der Waals surface area contributed by atoms with E-state index in [-0.39, 0.29) is 37.5 Å². The van der Waals surface area contributed by atoms with Gasteiger partial charge >= 0.3 is 0 Å². The topological polar surface area (TPSA) is 106 Å². The third-order valence-electron chi connectivity index (χ3n) is 6.38. The number of nitrogens with one attached hydrogen (secondary N) is 2. The Hall–Kier alpha value is -4.05. The molecule has 10 heteroatoms. The van der Waals surface area contributed by atoms with Crippen LogP contribution in [0.2, 0.25) is 0 Å². The number of rotatable bonds is 8. The maximum absolute atomic E-state index is 12.7. The van der Waals surface area contributed by atoms with E-state index in [0.717, 1.165) is 21.3 Å². The molecule has 3 amide bonds. The Bertz CT molecular complexity index is 1380. The molecule has 5 rings (SSSR count). The summed E-state index contributed by atoms with van der Waals surface area (Å²) in [5.41, 5.74) is 3.22. The van der Waals surface area contributed by atoms with Crippen molar-refractivity contribution in [3.8, 4) is 17.2 Å². The summed E-state index contributed by atoms with van der Waals surface area (Å²) in [6.07, 6.45) is 0.140. The molecule has 0 unspecified atom stereocenters. The maximum atomic E-state index is 12.7. The fourth-order valence-electron chi connectivity index (χ4n) is 4.34. The summed E-state index contributed by atoms with van der Waals surface area (Å²) in [5, 5.41) is 5.74. The van der Waals surface area contributed by atoms with Crippen molar-refractivity contribution in [1.29, 1.82) is 0 Å². The molecular weight excluding hydrogens is 554 g/mol. The van der Waals surface area contributed by atoms with Crippen molar-refractivity contribution in [3.63, 3.8) is 0 Å². The van der Waals surface area contributed by atoms with Gasteiger partial charge in [-0.15, -0.1) is 0 Å². The van der Waals surface area contributed by atoms with E-state index in [4.69, 9.17) is 14.2 Å². The number of anilines is 2. The van der Waals surface area contributed by atoms with Crippen LogP contribution in [-0.2, 0) is 20.9 Å². The highest BCUT2D eigenvalue weighted by atomic mass is 79.9. The van der Waals surface area contributed by atoms with Gasteiger partial charge in [-0.2, -0.15) is 0 Å². The van der Waals surface area contributed by atoms with E-state index < -0.39 is 5.92 Å². The van der Waals surface area contributed by atoms with Crippen LogP contribution in [0.15, 0.2) is 65.1 Å². The summed E-state index contributed by atoms with van der Waals surface area (Å²) >= 11 is 3.40. The first-order valence-electron chi connectivity index (χ1n) is 12.1. The molecule has 0 aliphatic carbocycles. The molecule has 0 aromatic heterocycles. The van der Waals surface area contributed by atoms with Crippen LogP contribution >= 0.6 is 15.9 Å². The minimum absolute atomic E-state index is 0.119. The number of halogens is 1. The first kappa shape index (κ1) is 25.6. The molecule has 2 aliphatic heterocycles. The van der Waals surface area contributed by atoms with Crippen molar-refractivity contribution in [3.05, 3.63) is 76.3 Å². The lowest BCUT2D eigenvalue weighted by Gasteiger charge is -2.17. The monoisotopic (exact) mass is 579 g/mol. The Labute approximate surface area is 228 Å². The van der Waals surface area contributed by atoms with E-state index in [0.29, 0.717) is 36.0 Å². The van der Waals surface area contributed by atoms with Gasteiger partial charge in [0.25, 0.3) is 5.91 Å². The molecule has 9 nitrogen and oxygen atoms in total. The molecule has 2 N–H and O–H groups in total. The normalized spacial score (nSPS) is 15.9. The lowest BCUT2D eigenvalue weighted by Crippen LogP contribution is -2.32. The van der Waals surface area contributed by atoms with Gasteiger partial charge in [0.15, 0.2) is 18.1 Å². The van der Waals surface area contributed by atoms with Crippen LogP contribution in [0, 0.1) is 12.8 Å². The summed E-state index contributed by atoms with van der Waals surface area (Å²) in [6, 6.07) is 18.0. The van der Waals surface area contributed by atoms with Gasteiger partial charge in [-0.3, -0.25) is 14.4 Å². The van der Waals surface area contributed by atoms with Crippen LogP contribution in [0.1, 0.15) is 17.5 Å². The van der Waals surface area contributed by atoms with Crippen LogP contribution in [0.25, 0.3) is 0 Å². The summed E-state index contributed by atoms with van der Waals surface area (Å²) in [5.74, 6) is 0.832. The predicted molar refractivity (Wildman–Crippen MR) is 144 cm³/mol. The van der Waals surface area contributed by atoms with Gasteiger partial charge in [-0.25, -0.2) is 0 Å². The molecule has 0 spiro atoms. The van der Waals surface area contributed by atoms with E-state index >= 15 is 0 Å². The number of hydrogen-bond acceptors (Lipinski definition) is 6. The molecule has 0 bridgehead atoms. The van der Waals surface area contributed by atoms with Crippen molar-refractivity contribution >= 4 is 45.0 Å². The van der Waals surface area contributed by atoms with E-state index in [2.05, 4.69) is 26.6 Å². The van der Waals surface area contributed by atoms with Gasteiger partial charge in [0.1, 0.15) is 5.75 Å². The zero-order valence-corrected chi connectivity index (χ0v) is 22.2.